The molecule has 172 valence electrons. The van der Waals surface area contributed by atoms with E-state index in [9.17, 15) is 9.59 Å². The lowest BCUT2D eigenvalue weighted by atomic mass is 10.1. The van der Waals surface area contributed by atoms with Crippen LogP contribution in [0.3, 0.4) is 0 Å². The third-order valence-electron chi connectivity index (χ3n) is 5.93. The summed E-state index contributed by atoms with van der Waals surface area (Å²) >= 11 is 1.50. The van der Waals surface area contributed by atoms with Crippen LogP contribution < -0.4 is 10.1 Å². The topological polar surface area (TPSA) is 72.7 Å². The van der Waals surface area contributed by atoms with Gasteiger partial charge < -0.3 is 14.6 Å². The molecular formula is C26H29N3O3S. The van der Waals surface area contributed by atoms with Crippen molar-refractivity contribution in [1.82, 2.24) is 9.88 Å². The molecule has 0 radical (unpaired) electrons. The second-order valence-corrected chi connectivity index (χ2v) is 9.62. The fraction of sp³-hybridized carbons (Fsp3) is 0.346. The second kappa shape index (κ2) is 10.3. The number of nitrogens with zero attached hydrogens (tertiary/aromatic N) is 2. The zero-order chi connectivity index (χ0) is 23.4. The molecular weight excluding hydrogens is 434 g/mol. The summed E-state index contributed by atoms with van der Waals surface area (Å²) in [6.45, 7) is 7.88. The molecule has 6 nitrogen and oxygen atoms in total. The molecule has 1 aliphatic rings. The quantitative estimate of drug-likeness (QED) is 0.596. The van der Waals surface area contributed by atoms with Gasteiger partial charge in [0.1, 0.15) is 0 Å². The smallest absolute Gasteiger partial charge is 0.279 e. The van der Waals surface area contributed by atoms with Crippen LogP contribution >= 0.6 is 11.3 Å². The molecule has 7 heteroatoms. The summed E-state index contributed by atoms with van der Waals surface area (Å²) in [6, 6.07) is 15.0. The van der Waals surface area contributed by atoms with Crippen LogP contribution in [0.2, 0.25) is 0 Å². The van der Waals surface area contributed by atoms with Gasteiger partial charge in [-0.3, -0.25) is 9.59 Å². The maximum absolute atomic E-state index is 12.7. The van der Waals surface area contributed by atoms with Crippen LogP contribution in [0.5, 0.6) is 0 Å². The normalized spacial score (nSPS) is 16.2. The summed E-state index contributed by atoms with van der Waals surface area (Å²) in [5.74, 6) is -0.359. The van der Waals surface area contributed by atoms with E-state index >= 15 is 0 Å². The van der Waals surface area contributed by atoms with Crippen LogP contribution in [0.1, 0.15) is 55.3 Å². The molecule has 0 saturated carbocycles. The Morgan fingerprint density at radius 3 is 2.64 bits per heavy atom. The molecule has 1 fully saturated rings. The summed E-state index contributed by atoms with van der Waals surface area (Å²) in [5.41, 5.74) is 4.32. The molecule has 1 unspecified atom stereocenters. The molecule has 2 heterocycles. The number of thiazole rings is 1. The van der Waals surface area contributed by atoms with E-state index in [2.05, 4.69) is 10.3 Å². The highest BCUT2D eigenvalue weighted by atomic mass is 32.1. The minimum atomic E-state index is -0.257. The van der Waals surface area contributed by atoms with Crippen LogP contribution in [0.15, 0.2) is 53.5 Å². The Morgan fingerprint density at radius 2 is 1.91 bits per heavy atom. The molecule has 2 amide bonds. The van der Waals surface area contributed by atoms with E-state index in [4.69, 9.17) is 4.74 Å². The van der Waals surface area contributed by atoms with E-state index in [0.29, 0.717) is 29.0 Å². The lowest BCUT2D eigenvalue weighted by Crippen LogP contribution is -2.31. The van der Waals surface area contributed by atoms with Gasteiger partial charge in [-0.2, -0.15) is 4.99 Å². The van der Waals surface area contributed by atoms with Gasteiger partial charge in [0.25, 0.3) is 11.8 Å². The molecule has 0 spiro atoms. The Balaban J connectivity index is 1.54. The number of rotatable bonds is 6. The van der Waals surface area contributed by atoms with Gasteiger partial charge in [0, 0.05) is 34.8 Å². The van der Waals surface area contributed by atoms with Gasteiger partial charge in [0.15, 0.2) is 4.80 Å². The van der Waals surface area contributed by atoms with E-state index in [-0.39, 0.29) is 17.9 Å². The predicted molar refractivity (Wildman–Crippen MR) is 130 cm³/mol. The number of benzene rings is 2. The van der Waals surface area contributed by atoms with Gasteiger partial charge >= 0.3 is 0 Å². The monoisotopic (exact) mass is 463 g/mol. The predicted octanol–water partition coefficient (Wildman–Crippen LogP) is 4.17. The summed E-state index contributed by atoms with van der Waals surface area (Å²) in [7, 11) is 0. The van der Waals surface area contributed by atoms with Crippen LogP contribution in [-0.4, -0.2) is 35.6 Å². The Labute approximate surface area is 198 Å². The standard InChI is InChI=1S/C26H29N3O3S/c1-17-9-11-21(12-10-17)25(31)28-26-29(18(2)19(3)33-26)16-20-6-4-7-22(14-20)24(30)27-15-23-8-5-13-32-23/h4,6-7,9-12,14,23H,5,8,13,15-16H2,1-3H3,(H,27,30). The number of ether oxygens (including phenoxy) is 1. The molecule has 1 atom stereocenters. The first-order valence-corrected chi connectivity index (χ1v) is 12.0. The van der Waals surface area contributed by atoms with Crippen molar-refractivity contribution in [3.63, 3.8) is 0 Å². The molecule has 3 aromatic rings. The largest absolute Gasteiger partial charge is 0.376 e. The van der Waals surface area contributed by atoms with Crippen LogP contribution in [0, 0.1) is 20.8 Å². The summed E-state index contributed by atoms with van der Waals surface area (Å²) in [6.07, 6.45) is 2.15. The molecule has 1 aliphatic heterocycles. The van der Waals surface area contributed by atoms with Gasteiger partial charge in [-0.25, -0.2) is 0 Å². The summed E-state index contributed by atoms with van der Waals surface area (Å²) < 4.78 is 7.62. The number of aryl methyl sites for hydroxylation is 2. The number of hydrogen-bond donors (Lipinski definition) is 1. The summed E-state index contributed by atoms with van der Waals surface area (Å²) in [4.78, 5) is 31.6. The van der Waals surface area contributed by atoms with Crippen molar-refractivity contribution < 1.29 is 14.3 Å². The van der Waals surface area contributed by atoms with E-state index in [1.165, 1.54) is 11.3 Å². The van der Waals surface area contributed by atoms with E-state index in [1.54, 1.807) is 12.1 Å². The Kier molecular flexibility index (Phi) is 7.20. The lowest BCUT2D eigenvalue weighted by molar-refractivity contribution is 0.0857. The first-order valence-electron chi connectivity index (χ1n) is 11.2. The molecule has 0 bridgehead atoms. The zero-order valence-electron chi connectivity index (χ0n) is 19.3. The average Bonchev–Trinajstić information content (AvgIpc) is 3.42. The third kappa shape index (κ3) is 5.67. The van der Waals surface area contributed by atoms with Gasteiger partial charge in [0.05, 0.1) is 12.6 Å². The molecule has 4 rings (SSSR count). The number of amides is 2. The molecule has 2 aromatic carbocycles. The lowest BCUT2D eigenvalue weighted by Gasteiger charge is -2.12. The first kappa shape index (κ1) is 23.1. The molecule has 1 aromatic heterocycles. The van der Waals surface area contributed by atoms with Crippen molar-refractivity contribution in [3.8, 4) is 0 Å². The van der Waals surface area contributed by atoms with Crippen molar-refractivity contribution in [1.29, 1.82) is 0 Å². The van der Waals surface area contributed by atoms with E-state index in [0.717, 1.165) is 41.1 Å². The Morgan fingerprint density at radius 1 is 1.12 bits per heavy atom. The van der Waals surface area contributed by atoms with Crippen molar-refractivity contribution in [2.24, 2.45) is 4.99 Å². The van der Waals surface area contributed by atoms with Gasteiger partial charge in [-0.1, -0.05) is 29.8 Å². The third-order valence-corrected chi connectivity index (χ3v) is 7.03. The first-order chi connectivity index (χ1) is 15.9. The van der Waals surface area contributed by atoms with Gasteiger partial charge in [0.2, 0.25) is 0 Å². The molecule has 33 heavy (non-hydrogen) atoms. The summed E-state index contributed by atoms with van der Waals surface area (Å²) in [5, 5.41) is 2.98. The van der Waals surface area contributed by atoms with Crippen LogP contribution in [-0.2, 0) is 11.3 Å². The number of carbonyl (C=O) groups excluding carboxylic acids is 2. The highest BCUT2D eigenvalue weighted by Gasteiger charge is 2.17. The van der Waals surface area contributed by atoms with Crippen molar-refractivity contribution in [2.75, 3.05) is 13.2 Å². The van der Waals surface area contributed by atoms with E-state index < -0.39 is 0 Å². The fourth-order valence-corrected chi connectivity index (χ4v) is 4.80. The average molecular weight is 464 g/mol. The maximum atomic E-state index is 12.7. The van der Waals surface area contributed by atoms with Crippen LogP contribution in [0.4, 0.5) is 0 Å². The highest BCUT2D eigenvalue weighted by molar-refractivity contribution is 7.09. The maximum Gasteiger partial charge on any atom is 0.279 e. The molecule has 1 saturated heterocycles. The van der Waals surface area contributed by atoms with Crippen molar-refractivity contribution in [2.45, 2.75) is 46.3 Å². The van der Waals surface area contributed by atoms with Gasteiger partial charge in [-0.05, 0) is 63.4 Å². The molecule has 0 aliphatic carbocycles. The van der Waals surface area contributed by atoms with Crippen LogP contribution in [0.25, 0.3) is 0 Å². The SMILES string of the molecule is Cc1ccc(C(=O)N=c2sc(C)c(C)n2Cc2cccc(C(=O)NCC3CCCO3)c2)cc1. The van der Waals surface area contributed by atoms with Crippen molar-refractivity contribution >= 4 is 23.2 Å². The van der Waals surface area contributed by atoms with Gasteiger partial charge in [-0.15, -0.1) is 11.3 Å². The van der Waals surface area contributed by atoms with Crippen molar-refractivity contribution in [3.05, 3.63) is 86.2 Å². The number of hydrogen-bond acceptors (Lipinski definition) is 4. The zero-order valence-corrected chi connectivity index (χ0v) is 20.1. The highest BCUT2D eigenvalue weighted by Crippen LogP contribution is 2.15. The minimum absolute atomic E-state index is 0.102. The Bertz CT molecular complexity index is 1220. The fourth-order valence-electron chi connectivity index (χ4n) is 3.82. The molecule has 1 N–H and O–H groups in total. The number of aromatic nitrogens is 1. The Hall–Kier alpha value is -3.03. The minimum Gasteiger partial charge on any atom is -0.376 e. The second-order valence-electron chi connectivity index (χ2n) is 8.44. The number of carbonyl (C=O) groups is 2. The number of nitrogens with one attached hydrogen (secondary N) is 1. The van der Waals surface area contributed by atoms with E-state index in [1.807, 2.05) is 61.7 Å².